The van der Waals surface area contributed by atoms with Crippen LogP contribution in [0.25, 0.3) is 15.7 Å². The van der Waals surface area contributed by atoms with Crippen molar-refractivity contribution in [2.24, 2.45) is 0 Å². The number of nitrogens with one attached hydrogen (secondary N) is 1. The number of aromatic nitrogens is 3. The van der Waals surface area contributed by atoms with Crippen molar-refractivity contribution < 1.29 is 9.53 Å². The highest BCUT2D eigenvalue weighted by molar-refractivity contribution is 7.17. The molecule has 138 valence electrons. The largest absolute Gasteiger partial charge is 0.497 e. The van der Waals surface area contributed by atoms with Crippen LogP contribution in [0.1, 0.15) is 12.7 Å². The molecule has 0 spiro atoms. The maximum Gasteiger partial charge on any atom is 0.291 e. The van der Waals surface area contributed by atoms with E-state index in [0.29, 0.717) is 23.4 Å². The highest BCUT2D eigenvalue weighted by Crippen LogP contribution is 2.24. The lowest BCUT2D eigenvalue weighted by molar-refractivity contribution is -0.117. The summed E-state index contributed by atoms with van der Waals surface area (Å²) in [6, 6.07) is 10.9. The molecule has 4 aromatic rings. The van der Waals surface area contributed by atoms with E-state index >= 15 is 0 Å². The van der Waals surface area contributed by atoms with E-state index in [9.17, 15) is 9.59 Å². The lowest BCUT2D eigenvalue weighted by atomic mass is 10.3. The van der Waals surface area contributed by atoms with E-state index in [1.807, 2.05) is 28.8 Å². The Hall–Kier alpha value is -3.13. The van der Waals surface area contributed by atoms with E-state index in [4.69, 9.17) is 4.74 Å². The number of nitrogens with zero attached hydrogens (tertiary/aromatic N) is 3. The molecule has 0 bridgehead atoms. The molecule has 3 aromatic heterocycles. The minimum Gasteiger partial charge on any atom is -0.497 e. The Morgan fingerprint density at radius 1 is 1.26 bits per heavy atom. The highest BCUT2D eigenvalue weighted by Gasteiger charge is 2.16. The first-order chi connectivity index (χ1) is 13.1. The molecule has 1 N–H and O–H groups in total. The lowest BCUT2D eigenvalue weighted by Gasteiger charge is -2.11. The minimum atomic E-state index is -0.322. The first kappa shape index (κ1) is 17.3. The van der Waals surface area contributed by atoms with Crippen LogP contribution < -0.4 is 15.6 Å². The number of rotatable bonds is 5. The van der Waals surface area contributed by atoms with Gasteiger partial charge in [0.2, 0.25) is 5.91 Å². The van der Waals surface area contributed by atoms with E-state index in [0.717, 1.165) is 16.0 Å². The van der Waals surface area contributed by atoms with E-state index in [2.05, 4.69) is 10.4 Å². The van der Waals surface area contributed by atoms with Gasteiger partial charge in [0.15, 0.2) is 0 Å². The number of thiophene rings is 1. The van der Waals surface area contributed by atoms with Gasteiger partial charge in [-0.05, 0) is 29.6 Å². The minimum absolute atomic E-state index is 0.154. The summed E-state index contributed by atoms with van der Waals surface area (Å²) in [5.74, 6) is 1.07. The summed E-state index contributed by atoms with van der Waals surface area (Å²) in [5.41, 5.74) is 1.84. The molecule has 0 saturated heterocycles. The van der Waals surface area contributed by atoms with Crippen molar-refractivity contribution in [2.75, 3.05) is 12.4 Å². The molecule has 0 radical (unpaired) electrons. The van der Waals surface area contributed by atoms with E-state index in [1.165, 1.54) is 4.68 Å². The molecule has 0 saturated carbocycles. The Kier molecular flexibility index (Phi) is 4.41. The maximum atomic E-state index is 12.8. The topological polar surface area (TPSA) is 77.6 Å². The number of carbonyl (C=O) groups excluding carboxylic acids is 1. The summed E-state index contributed by atoms with van der Waals surface area (Å²) in [6.45, 7) is 1.82. The lowest BCUT2D eigenvalue weighted by Crippen LogP contribution is -2.32. The number of carbonyl (C=O) groups is 1. The second-order valence-corrected chi connectivity index (χ2v) is 7.00. The maximum absolute atomic E-state index is 12.8. The molecule has 7 nitrogen and oxygen atoms in total. The van der Waals surface area contributed by atoms with Crippen molar-refractivity contribution >= 4 is 38.7 Å². The Morgan fingerprint density at radius 3 is 2.89 bits per heavy atom. The summed E-state index contributed by atoms with van der Waals surface area (Å²) in [7, 11) is 1.56. The van der Waals surface area contributed by atoms with Crippen LogP contribution in [0.2, 0.25) is 0 Å². The third-order valence-electron chi connectivity index (χ3n) is 4.33. The second-order valence-electron chi connectivity index (χ2n) is 6.05. The summed E-state index contributed by atoms with van der Waals surface area (Å²) in [4.78, 5) is 25.3. The number of benzene rings is 1. The molecule has 0 fully saturated rings. The summed E-state index contributed by atoms with van der Waals surface area (Å²) >= 11 is 1.58. The van der Waals surface area contributed by atoms with Crippen LogP contribution in [0.5, 0.6) is 5.75 Å². The fraction of sp³-hybridized carbons (Fsp3) is 0.211. The number of anilines is 1. The van der Waals surface area contributed by atoms with E-state index in [-0.39, 0.29) is 18.0 Å². The van der Waals surface area contributed by atoms with Gasteiger partial charge in [0.25, 0.3) is 5.56 Å². The van der Waals surface area contributed by atoms with Crippen molar-refractivity contribution in [3.63, 3.8) is 0 Å². The monoisotopic (exact) mass is 382 g/mol. The van der Waals surface area contributed by atoms with Gasteiger partial charge in [-0.25, -0.2) is 4.68 Å². The van der Waals surface area contributed by atoms with Crippen molar-refractivity contribution in [1.82, 2.24) is 14.2 Å². The van der Waals surface area contributed by atoms with Crippen LogP contribution in [-0.4, -0.2) is 27.2 Å². The van der Waals surface area contributed by atoms with Crippen LogP contribution >= 0.6 is 11.3 Å². The van der Waals surface area contributed by atoms with Gasteiger partial charge in [-0.2, -0.15) is 5.10 Å². The molecule has 0 unspecified atom stereocenters. The van der Waals surface area contributed by atoms with Crippen molar-refractivity contribution in [2.45, 2.75) is 19.9 Å². The van der Waals surface area contributed by atoms with Crippen LogP contribution in [-0.2, 0) is 17.8 Å². The van der Waals surface area contributed by atoms with Crippen LogP contribution in [0.3, 0.4) is 0 Å². The standard InChI is InChI=1S/C19H18N4O3S/c1-3-17-21-22(11-18(24)20-12-5-4-6-13(9-12)26-2)19(25)15-10-16-14(23(15)17)7-8-27-16/h4-10H,3,11H2,1-2H3,(H,20,24). The van der Waals surface area contributed by atoms with Crippen molar-refractivity contribution in [3.05, 3.63) is 58.0 Å². The molecule has 0 aliphatic carbocycles. The van der Waals surface area contributed by atoms with Crippen LogP contribution in [0.4, 0.5) is 5.69 Å². The quantitative estimate of drug-likeness (QED) is 0.576. The molecule has 3 heterocycles. The number of fused-ring (bicyclic) bond motifs is 3. The SMILES string of the molecule is CCc1nn(CC(=O)Nc2cccc(OC)c2)c(=O)c2cc3sccc3n12. The average molecular weight is 382 g/mol. The van der Waals surface area contributed by atoms with Gasteiger partial charge in [-0.15, -0.1) is 11.3 Å². The third-order valence-corrected chi connectivity index (χ3v) is 5.19. The smallest absolute Gasteiger partial charge is 0.291 e. The Balaban J connectivity index is 1.68. The van der Waals surface area contributed by atoms with Gasteiger partial charge in [-0.3, -0.25) is 14.0 Å². The zero-order valence-corrected chi connectivity index (χ0v) is 15.7. The number of amides is 1. The fourth-order valence-corrected chi connectivity index (χ4v) is 3.90. The predicted octanol–water partition coefficient (Wildman–Crippen LogP) is 2.92. The van der Waals surface area contributed by atoms with Gasteiger partial charge in [0.05, 0.1) is 17.3 Å². The highest BCUT2D eigenvalue weighted by atomic mass is 32.1. The predicted molar refractivity (Wildman–Crippen MR) is 106 cm³/mol. The van der Waals surface area contributed by atoms with Crippen LogP contribution in [0.15, 0.2) is 46.6 Å². The molecule has 8 heteroatoms. The van der Waals surface area contributed by atoms with Gasteiger partial charge < -0.3 is 10.1 Å². The Bertz CT molecular complexity index is 1200. The van der Waals surface area contributed by atoms with Gasteiger partial charge in [0, 0.05) is 18.2 Å². The molecule has 1 amide bonds. The zero-order chi connectivity index (χ0) is 19.0. The van der Waals surface area contributed by atoms with Crippen molar-refractivity contribution in [1.29, 1.82) is 0 Å². The number of aryl methyl sites for hydroxylation is 1. The Morgan fingerprint density at radius 2 is 2.11 bits per heavy atom. The summed E-state index contributed by atoms with van der Waals surface area (Å²) in [6.07, 6.45) is 0.647. The molecule has 0 aliphatic rings. The fourth-order valence-electron chi connectivity index (χ4n) is 3.10. The molecule has 0 atom stereocenters. The zero-order valence-electron chi connectivity index (χ0n) is 14.9. The number of hydrogen-bond acceptors (Lipinski definition) is 5. The second kappa shape index (κ2) is 6.88. The summed E-state index contributed by atoms with van der Waals surface area (Å²) < 4.78 is 9.29. The molecule has 0 aliphatic heterocycles. The van der Waals surface area contributed by atoms with Gasteiger partial charge in [0.1, 0.15) is 23.6 Å². The Labute approximate surface area is 158 Å². The van der Waals surface area contributed by atoms with Gasteiger partial charge >= 0.3 is 0 Å². The van der Waals surface area contributed by atoms with E-state index < -0.39 is 0 Å². The molecule has 27 heavy (non-hydrogen) atoms. The summed E-state index contributed by atoms with van der Waals surface area (Å²) in [5, 5.41) is 9.19. The number of ether oxygens (including phenoxy) is 1. The third kappa shape index (κ3) is 3.08. The normalized spacial score (nSPS) is 11.2. The van der Waals surface area contributed by atoms with E-state index in [1.54, 1.807) is 42.7 Å². The first-order valence-electron chi connectivity index (χ1n) is 8.53. The average Bonchev–Trinajstić information content (AvgIpc) is 3.26. The molecular weight excluding hydrogens is 364 g/mol. The van der Waals surface area contributed by atoms with Crippen molar-refractivity contribution in [3.8, 4) is 5.75 Å². The molecular formula is C19H18N4O3S. The van der Waals surface area contributed by atoms with Gasteiger partial charge in [-0.1, -0.05) is 13.0 Å². The van der Waals surface area contributed by atoms with Crippen LogP contribution in [0, 0.1) is 0 Å². The molecule has 4 rings (SSSR count). The number of methoxy groups -OCH3 is 1. The first-order valence-corrected chi connectivity index (χ1v) is 9.41. The number of hydrogen-bond donors (Lipinski definition) is 1. The molecule has 1 aromatic carbocycles.